The number of fused-ring (bicyclic) bond motifs is 2. The van der Waals surface area contributed by atoms with Gasteiger partial charge in [-0.25, -0.2) is 4.39 Å². The molecule has 5 rings (SSSR count). The summed E-state index contributed by atoms with van der Waals surface area (Å²) in [5, 5.41) is 8.58. The molecule has 0 atom stereocenters. The van der Waals surface area contributed by atoms with Crippen molar-refractivity contribution in [3.05, 3.63) is 47.9 Å². The number of ether oxygens (including phenoxy) is 3. The lowest BCUT2D eigenvalue weighted by Crippen LogP contribution is -2.34. The van der Waals surface area contributed by atoms with E-state index >= 15 is 0 Å². The predicted molar refractivity (Wildman–Crippen MR) is 127 cm³/mol. The molecule has 9 heteroatoms. The van der Waals surface area contributed by atoms with Gasteiger partial charge in [-0.15, -0.1) is 0 Å². The van der Waals surface area contributed by atoms with E-state index in [4.69, 9.17) is 31.0 Å². The first kappa shape index (κ1) is 21.9. The minimum atomic E-state index is -0.303. The molecule has 1 saturated heterocycles. The van der Waals surface area contributed by atoms with Crippen LogP contribution in [0, 0.1) is 5.82 Å². The minimum Gasteiger partial charge on any atom is -0.486 e. The summed E-state index contributed by atoms with van der Waals surface area (Å²) in [4.78, 5) is 2.43. The molecule has 7 nitrogen and oxygen atoms in total. The van der Waals surface area contributed by atoms with Crippen molar-refractivity contribution in [2.45, 2.75) is 25.2 Å². The summed E-state index contributed by atoms with van der Waals surface area (Å²) in [6.07, 6.45) is 2.90. The number of nitrogens with one attached hydrogen (secondary N) is 1. The lowest BCUT2D eigenvalue weighted by molar-refractivity contribution is 0.171. The topological polar surface area (TPSA) is 69.0 Å². The van der Waals surface area contributed by atoms with Crippen molar-refractivity contribution < 1.29 is 23.1 Å². The molecular formula is C24H26FN3O4S. The largest absolute Gasteiger partial charge is 0.486 e. The van der Waals surface area contributed by atoms with E-state index in [-0.39, 0.29) is 5.82 Å². The first-order valence-electron chi connectivity index (χ1n) is 11.3. The second kappa shape index (κ2) is 9.93. The van der Waals surface area contributed by atoms with Crippen molar-refractivity contribution in [2.75, 3.05) is 44.8 Å². The van der Waals surface area contributed by atoms with Crippen molar-refractivity contribution in [3.63, 3.8) is 0 Å². The number of rotatable bonds is 6. The molecular weight excluding hydrogens is 445 g/mol. The molecule has 3 heterocycles. The smallest absolute Gasteiger partial charge is 0.261 e. The summed E-state index contributed by atoms with van der Waals surface area (Å²) in [5.41, 5.74) is 2.28. The Hall–Kier alpha value is -2.91. The van der Waals surface area contributed by atoms with Crippen LogP contribution in [0.2, 0.25) is 0 Å². The quantitative estimate of drug-likeness (QED) is 0.409. The second-order valence-electron chi connectivity index (χ2n) is 8.30. The molecule has 2 aliphatic rings. The van der Waals surface area contributed by atoms with Crippen LogP contribution in [-0.4, -0.2) is 54.7 Å². The molecule has 0 aliphatic carbocycles. The van der Waals surface area contributed by atoms with Gasteiger partial charge >= 0.3 is 0 Å². The van der Waals surface area contributed by atoms with E-state index in [0.29, 0.717) is 42.2 Å². The van der Waals surface area contributed by atoms with E-state index in [1.165, 1.54) is 12.1 Å². The predicted octanol–water partition coefficient (Wildman–Crippen LogP) is 4.72. The molecule has 0 amide bonds. The number of benzene rings is 2. The van der Waals surface area contributed by atoms with Crippen LogP contribution < -0.4 is 14.8 Å². The molecule has 1 fully saturated rings. The van der Waals surface area contributed by atoms with E-state index in [9.17, 15) is 4.39 Å². The molecule has 0 saturated carbocycles. The maximum atomic E-state index is 13.4. The Labute approximate surface area is 196 Å². The van der Waals surface area contributed by atoms with Gasteiger partial charge in [0, 0.05) is 35.7 Å². The Morgan fingerprint density at radius 2 is 1.94 bits per heavy atom. The lowest BCUT2D eigenvalue weighted by Gasteiger charge is -2.31. The molecule has 1 N–H and O–H groups in total. The average Bonchev–Trinajstić information content (AvgIpc) is 3.25. The SMILES string of the molecule is Fc1ccc2c(C3CCN(CCCOC(=S)Nc4ccc5c(c4)OCCO5)CC3)noc2c1. The molecule has 2 aromatic carbocycles. The Morgan fingerprint density at radius 3 is 2.79 bits per heavy atom. The maximum absolute atomic E-state index is 13.4. The number of piperidine rings is 1. The average molecular weight is 472 g/mol. The summed E-state index contributed by atoms with van der Waals surface area (Å²) in [6, 6.07) is 10.2. The molecule has 3 aromatic rings. The van der Waals surface area contributed by atoms with Crippen LogP contribution in [0.25, 0.3) is 11.0 Å². The monoisotopic (exact) mass is 471 g/mol. The van der Waals surface area contributed by atoms with Gasteiger partial charge < -0.3 is 29.0 Å². The number of halogens is 1. The second-order valence-corrected chi connectivity index (χ2v) is 8.67. The van der Waals surface area contributed by atoms with E-state index in [1.54, 1.807) is 6.07 Å². The number of likely N-dealkylation sites (tertiary alicyclic amines) is 1. The first-order valence-corrected chi connectivity index (χ1v) is 11.7. The van der Waals surface area contributed by atoms with Gasteiger partial charge in [0.05, 0.1) is 12.3 Å². The zero-order chi connectivity index (χ0) is 22.6. The molecule has 0 radical (unpaired) electrons. The number of nitrogens with zero attached hydrogens (tertiary/aromatic N) is 2. The zero-order valence-electron chi connectivity index (χ0n) is 18.2. The number of anilines is 1. The van der Waals surface area contributed by atoms with Gasteiger partial charge in [-0.3, -0.25) is 0 Å². The maximum Gasteiger partial charge on any atom is 0.261 e. The van der Waals surface area contributed by atoms with Crippen molar-refractivity contribution in [3.8, 4) is 11.5 Å². The highest BCUT2D eigenvalue weighted by atomic mass is 32.1. The van der Waals surface area contributed by atoms with E-state index in [2.05, 4.69) is 15.4 Å². The van der Waals surface area contributed by atoms with Crippen molar-refractivity contribution in [1.29, 1.82) is 0 Å². The van der Waals surface area contributed by atoms with Crippen LogP contribution in [0.1, 0.15) is 30.9 Å². The van der Waals surface area contributed by atoms with Crippen LogP contribution in [0.5, 0.6) is 11.5 Å². The molecule has 2 aliphatic heterocycles. The van der Waals surface area contributed by atoms with Gasteiger partial charge in [0.15, 0.2) is 17.1 Å². The molecule has 0 unspecified atom stereocenters. The molecule has 1 aromatic heterocycles. The molecule has 33 heavy (non-hydrogen) atoms. The Kier molecular flexibility index (Phi) is 6.59. The van der Waals surface area contributed by atoms with Crippen LogP contribution in [0.3, 0.4) is 0 Å². The fraction of sp³-hybridized carbons (Fsp3) is 0.417. The molecule has 0 spiro atoms. The Bertz CT molecular complexity index is 1130. The standard InChI is InChI=1S/C24H26FN3O4S/c25-17-2-4-19-21(14-17)32-27-23(19)16-6-9-28(10-7-16)8-1-11-31-24(33)26-18-3-5-20-22(15-18)30-13-12-29-20/h2-5,14-16H,1,6-13H2,(H,26,33). The Morgan fingerprint density at radius 1 is 1.12 bits per heavy atom. The third-order valence-electron chi connectivity index (χ3n) is 6.08. The van der Waals surface area contributed by atoms with Crippen LogP contribution in [0.4, 0.5) is 10.1 Å². The fourth-order valence-electron chi connectivity index (χ4n) is 4.38. The summed E-state index contributed by atoms with van der Waals surface area (Å²) in [6.45, 7) is 4.58. The lowest BCUT2D eigenvalue weighted by atomic mass is 9.91. The molecule has 174 valence electrons. The number of hydrogen-bond donors (Lipinski definition) is 1. The fourth-order valence-corrected chi connectivity index (χ4v) is 4.58. The van der Waals surface area contributed by atoms with Crippen molar-refractivity contribution in [1.82, 2.24) is 10.1 Å². The molecule has 0 bridgehead atoms. The third-order valence-corrected chi connectivity index (χ3v) is 6.30. The van der Waals surface area contributed by atoms with E-state index in [0.717, 1.165) is 61.4 Å². The normalized spacial score (nSPS) is 16.6. The minimum absolute atomic E-state index is 0.303. The number of thiocarbonyl (C=S) groups is 1. The van der Waals surface area contributed by atoms with Gasteiger partial charge in [0.1, 0.15) is 19.0 Å². The van der Waals surface area contributed by atoms with E-state index < -0.39 is 0 Å². The van der Waals surface area contributed by atoms with Gasteiger partial charge in [-0.05, 0) is 68.8 Å². The highest BCUT2D eigenvalue weighted by molar-refractivity contribution is 7.80. The summed E-state index contributed by atoms with van der Waals surface area (Å²) in [7, 11) is 0. The van der Waals surface area contributed by atoms with E-state index in [1.807, 2.05) is 18.2 Å². The van der Waals surface area contributed by atoms with Gasteiger partial charge in [-0.1, -0.05) is 5.16 Å². The van der Waals surface area contributed by atoms with Gasteiger partial charge in [-0.2, -0.15) is 0 Å². The van der Waals surface area contributed by atoms with Crippen LogP contribution in [0.15, 0.2) is 40.9 Å². The third kappa shape index (κ3) is 5.20. The number of aromatic nitrogens is 1. The summed E-state index contributed by atoms with van der Waals surface area (Å²) >= 11 is 5.31. The van der Waals surface area contributed by atoms with Gasteiger partial charge in [0.2, 0.25) is 0 Å². The van der Waals surface area contributed by atoms with Crippen molar-refractivity contribution >= 4 is 34.0 Å². The van der Waals surface area contributed by atoms with Crippen LogP contribution in [-0.2, 0) is 4.74 Å². The van der Waals surface area contributed by atoms with Gasteiger partial charge in [0.25, 0.3) is 5.17 Å². The summed E-state index contributed by atoms with van der Waals surface area (Å²) < 4.78 is 35.5. The first-order chi connectivity index (χ1) is 16.2. The highest BCUT2D eigenvalue weighted by Gasteiger charge is 2.25. The zero-order valence-corrected chi connectivity index (χ0v) is 19.0. The summed E-state index contributed by atoms with van der Waals surface area (Å²) in [5.74, 6) is 1.49. The Balaban J connectivity index is 1.02. The number of hydrogen-bond acceptors (Lipinski definition) is 7. The van der Waals surface area contributed by atoms with Crippen LogP contribution >= 0.6 is 12.2 Å². The highest BCUT2D eigenvalue weighted by Crippen LogP contribution is 2.33. The van der Waals surface area contributed by atoms with Crippen molar-refractivity contribution in [2.24, 2.45) is 0 Å².